The van der Waals surface area contributed by atoms with E-state index in [9.17, 15) is 0 Å². The van der Waals surface area contributed by atoms with Crippen molar-refractivity contribution in [2.75, 3.05) is 0 Å². The maximum absolute atomic E-state index is 5.98. The van der Waals surface area contributed by atoms with Crippen LogP contribution in [0.15, 0.2) is 12.1 Å². The van der Waals surface area contributed by atoms with Crippen LogP contribution in [0.3, 0.4) is 0 Å². The summed E-state index contributed by atoms with van der Waals surface area (Å²) in [6, 6.07) is 4.33. The molecule has 0 spiro atoms. The minimum atomic E-state index is 0.909. The van der Waals surface area contributed by atoms with Gasteiger partial charge in [-0.05, 0) is 65.1 Å². The van der Waals surface area contributed by atoms with Gasteiger partial charge in [0.1, 0.15) is 0 Å². The summed E-state index contributed by atoms with van der Waals surface area (Å²) in [4.78, 5) is 0. The van der Waals surface area contributed by atoms with Gasteiger partial charge in [-0.2, -0.15) is 0 Å². The van der Waals surface area contributed by atoms with E-state index in [1.807, 2.05) is 0 Å². The minimum Gasteiger partial charge on any atom is -0.0832 e. The van der Waals surface area contributed by atoms with Gasteiger partial charge in [-0.3, -0.25) is 0 Å². The van der Waals surface area contributed by atoms with Crippen LogP contribution in [0.1, 0.15) is 17.5 Å². The number of rotatable bonds is 0. The van der Waals surface area contributed by atoms with E-state index in [4.69, 9.17) is 11.6 Å². The van der Waals surface area contributed by atoms with Crippen LogP contribution in [0.4, 0.5) is 0 Å². The molecule has 1 aromatic rings. The molecule has 0 saturated heterocycles. The summed E-state index contributed by atoms with van der Waals surface area (Å²) < 4.78 is 1.19. The van der Waals surface area contributed by atoms with Gasteiger partial charge in [0.25, 0.3) is 0 Å². The molecule has 1 aliphatic carbocycles. The highest BCUT2D eigenvalue weighted by molar-refractivity contribution is 14.1. The molecule has 0 heterocycles. The Kier molecular flexibility index (Phi) is 2.10. The number of benzene rings is 1. The van der Waals surface area contributed by atoms with Gasteiger partial charge in [-0.25, -0.2) is 0 Å². The molecule has 0 amide bonds. The standard InChI is InChI=1S/C9H8ClI/c10-8-4-6-2-1-3-7(6)5-9(8)11/h4-5H,1-3H2. The summed E-state index contributed by atoms with van der Waals surface area (Å²) in [5.74, 6) is 0. The predicted octanol–water partition coefficient (Wildman–Crippen LogP) is 3.43. The first-order valence-corrected chi connectivity index (χ1v) is 5.20. The van der Waals surface area contributed by atoms with E-state index in [0.29, 0.717) is 0 Å². The topological polar surface area (TPSA) is 0 Å². The summed E-state index contributed by atoms with van der Waals surface area (Å²) >= 11 is 8.27. The monoisotopic (exact) mass is 278 g/mol. The molecule has 0 saturated carbocycles. The quantitative estimate of drug-likeness (QED) is 0.638. The highest BCUT2D eigenvalue weighted by Gasteiger charge is 2.12. The van der Waals surface area contributed by atoms with Gasteiger partial charge in [0.05, 0.1) is 5.02 Å². The van der Waals surface area contributed by atoms with Crippen LogP contribution in [0.2, 0.25) is 5.02 Å². The van der Waals surface area contributed by atoms with Crippen LogP contribution in [-0.4, -0.2) is 0 Å². The fraction of sp³-hybridized carbons (Fsp3) is 0.333. The van der Waals surface area contributed by atoms with Gasteiger partial charge < -0.3 is 0 Å². The van der Waals surface area contributed by atoms with Gasteiger partial charge in [0, 0.05) is 3.57 Å². The van der Waals surface area contributed by atoms with Crippen molar-refractivity contribution in [1.82, 2.24) is 0 Å². The summed E-state index contributed by atoms with van der Waals surface area (Å²) in [6.07, 6.45) is 3.75. The summed E-state index contributed by atoms with van der Waals surface area (Å²) in [6.45, 7) is 0. The zero-order chi connectivity index (χ0) is 7.84. The van der Waals surface area contributed by atoms with Crippen molar-refractivity contribution in [2.24, 2.45) is 0 Å². The van der Waals surface area contributed by atoms with Crippen LogP contribution in [0.25, 0.3) is 0 Å². The predicted molar refractivity (Wildman–Crippen MR) is 56.2 cm³/mol. The average molecular weight is 279 g/mol. The molecule has 0 aliphatic heterocycles. The third-order valence-corrected chi connectivity index (χ3v) is 3.66. The van der Waals surface area contributed by atoms with Gasteiger partial charge in [-0.1, -0.05) is 11.6 Å². The maximum Gasteiger partial charge on any atom is 0.0542 e. The zero-order valence-electron chi connectivity index (χ0n) is 6.03. The van der Waals surface area contributed by atoms with E-state index < -0.39 is 0 Å². The molecule has 0 bridgehead atoms. The Morgan fingerprint density at radius 3 is 2.55 bits per heavy atom. The first-order chi connectivity index (χ1) is 5.27. The van der Waals surface area contributed by atoms with Crippen LogP contribution in [0.5, 0.6) is 0 Å². The van der Waals surface area contributed by atoms with E-state index in [1.54, 1.807) is 0 Å². The Bertz CT molecular complexity index is 265. The smallest absolute Gasteiger partial charge is 0.0542 e. The van der Waals surface area contributed by atoms with Crippen LogP contribution in [0, 0.1) is 3.57 Å². The highest BCUT2D eigenvalue weighted by Crippen LogP contribution is 2.28. The van der Waals surface area contributed by atoms with Crippen LogP contribution >= 0.6 is 34.2 Å². The van der Waals surface area contributed by atoms with Gasteiger partial charge in [0.15, 0.2) is 0 Å². The normalized spacial score (nSPS) is 15.1. The molecule has 58 valence electrons. The fourth-order valence-corrected chi connectivity index (χ4v) is 2.28. The van der Waals surface area contributed by atoms with Crippen molar-refractivity contribution in [2.45, 2.75) is 19.3 Å². The van der Waals surface area contributed by atoms with E-state index in [0.717, 1.165) is 5.02 Å². The maximum atomic E-state index is 5.98. The van der Waals surface area contributed by atoms with E-state index in [2.05, 4.69) is 34.7 Å². The number of aryl methyl sites for hydroxylation is 2. The third-order valence-electron chi connectivity index (χ3n) is 2.13. The Labute approximate surface area is 85.1 Å². The Morgan fingerprint density at radius 1 is 1.18 bits per heavy atom. The lowest BCUT2D eigenvalue weighted by molar-refractivity contribution is 0.911. The first kappa shape index (κ1) is 7.87. The number of hydrogen-bond acceptors (Lipinski definition) is 0. The Balaban J connectivity index is 2.57. The second kappa shape index (κ2) is 2.94. The average Bonchev–Trinajstić information content (AvgIpc) is 2.36. The van der Waals surface area contributed by atoms with Crippen LogP contribution < -0.4 is 0 Å². The second-order valence-corrected chi connectivity index (χ2v) is 4.46. The summed E-state index contributed by atoms with van der Waals surface area (Å²) in [5.41, 5.74) is 2.95. The van der Waals surface area contributed by atoms with Crippen molar-refractivity contribution in [3.63, 3.8) is 0 Å². The van der Waals surface area contributed by atoms with Gasteiger partial charge in [0.2, 0.25) is 0 Å². The molecule has 2 rings (SSSR count). The molecule has 0 N–H and O–H groups in total. The molecule has 2 heteroatoms. The molecule has 0 aromatic heterocycles. The van der Waals surface area contributed by atoms with Crippen molar-refractivity contribution >= 4 is 34.2 Å². The third kappa shape index (κ3) is 1.41. The number of fused-ring (bicyclic) bond motifs is 1. The molecule has 0 unspecified atom stereocenters. The lowest BCUT2D eigenvalue weighted by atomic mass is 10.1. The fourth-order valence-electron chi connectivity index (χ4n) is 1.56. The Morgan fingerprint density at radius 2 is 1.82 bits per heavy atom. The van der Waals surface area contributed by atoms with Crippen molar-refractivity contribution in [1.29, 1.82) is 0 Å². The molecule has 0 nitrogen and oxygen atoms in total. The number of halogens is 2. The first-order valence-electron chi connectivity index (χ1n) is 3.74. The van der Waals surface area contributed by atoms with E-state index in [-0.39, 0.29) is 0 Å². The molecule has 0 fully saturated rings. The lowest BCUT2D eigenvalue weighted by Gasteiger charge is -2.01. The van der Waals surface area contributed by atoms with Crippen LogP contribution in [-0.2, 0) is 12.8 Å². The largest absolute Gasteiger partial charge is 0.0832 e. The van der Waals surface area contributed by atoms with E-state index >= 15 is 0 Å². The molecular weight excluding hydrogens is 270 g/mol. The zero-order valence-corrected chi connectivity index (χ0v) is 8.95. The summed E-state index contributed by atoms with van der Waals surface area (Å²) in [5, 5.41) is 0.909. The molecule has 1 aliphatic rings. The molecule has 0 radical (unpaired) electrons. The molecule has 11 heavy (non-hydrogen) atoms. The SMILES string of the molecule is Clc1cc2c(cc1I)CCC2. The number of hydrogen-bond donors (Lipinski definition) is 0. The van der Waals surface area contributed by atoms with Gasteiger partial charge in [-0.15, -0.1) is 0 Å². The highest BCUT2D eigenvalue weighted by atomic mass is 127. The van der Waals surface area contributed by atoms with E-state index in [1.165, 1.54) is 34.0 Å². The molecule has 1 aromatic carbocycles. The minimum absolute atomic E-state index is 0.909. The lowest BCUT2D eigenvalue weighted by Crippen LogP contribution is -1.84. The molecular formula is C9H8ClI. The van der Waals surface area contributed by atoms with Crippen molar-refractivity contribution < 1.29 is 0 Å². The molecule has 0 atom stereocenters. The summed E-state index contributed by atoms with van der Waals surface area (Å²) in [7, 11) is 0. The second-order valence-electron chi connectivity index (χ2n) is 2.89. The Hall–Kier alpha value is 0.240. The van der Waals surface area contributed by atoms with Crippen molar-refractivity contribution in [3.8, 4) is 0 Å². The van der Waals surface area contributed by atoms with Crippen molar-refractivity contribution in [3.05, 3.63) is 31.9 Å². The van der Waals surface area contributed by atoms with Gasteiger partial charge >= 0.3 is 0 Å².